The lowest BCUT2D eigenvalue weighted by molar-refractivity contribution is 0.249. The maximum atomic E-state index is 13.2. The van der Waals surface area contributed by atoms with E-state index in [1.807, 2.05) is 6.92 Å². The molecule has 2 heterocycles. The van der Waals surface area contributed by atoms with Crippen molar-refractivity contribution in [3.05, 3.63) is 52.2 Å². The third-order valence-corrected chi connectivity index (χ3v) is 4.92. The van der Waals surface area contributed by atoms with E-state index in [9.17, 15) is 4.39 Å². The van der Waals surface area contributed by atoms with Gasteiger partial charge in [-0.25, -0.2) is 14.4 Å². The Kier molecular flexibility index (Phi) is 5.31. The molecule has 0 spiro atoms. The Hall–Kier alpha value is -1.72. The maximum absolute atomic E-state index is 13.2. The lowest BCUT2D eigenvalue weighted by Gasteiger charge is -2.36. The highest BCUT2D eigenvalue weighted by Crippen LogP contribution is 2.23. The predicted molar refractivity (Wildman–Crippen MR) is 95.0 cm³/mol. The molecule has 0 aliphatic carbocycles. The molecule has 6 heteroatoms. The van der Waals surface area contributed by atoms with Crippen LogP contribution in [-0.2, 0) is 13.0 Å². The van der Waals surface area contributed by atoms with Crippen LogP contribution in [0.5, 0.6) is 0 Å². The lowest BCUT2D eigenvalue weighted by Crippen LogP contribution is -2.46. The standard InChI is InChI=1S/C18H22ClFN4/c1-3-16-13(2)21-12-22-18(16)24-8-6-23(7-9-24)11-14-4-5-15(20)10-17(14)19/h4-5,10,12H,3,6-9,11H2,1-2H3. The van der Waals surface area contributed by atoms with Gasteiger partial charge in [-0.15, -0.1) is 0 Å². The highest BCUT2D eigenvalue weighted by molar-refractivity contribution is 6.31. The van der Waals surface area contributed by atoms with Gasteiger partial charge in [0, 0.05) is 49.0 Å². The van der Waals surface area contributed by atoms with Crippen LogP contribution < -0.4 is 4.90 Å². The van der Waals surface area contributed by atoms with Crippen LogP contribution in [-0.4, -0.2) is 41.0 Å². The number of hydrogen-bond donors (Lipinski definition) is 0. The largest absolute Gasteiger partial charge is 0.354 e. The van der Waals surface area contributed by atoms with Crippen molar-refractivity contribution in [1.82, 2.24) is 14.9 Å². The Labute approximate surface area is 147 Å². The van der Waals surface area contributed by atoms with Crippen LogP contribution in [0.25, 0.3) is 0 Å². The number of hydrogen-bond acceptors (Lipinski definition) is 4. The fourth-order valence-electron chi connectivity index (χ4n) is 3.18. The average molecular weight is 349 g/mol. The number of aromatic nitrogens is 2. The zero-order chi connectivity index (χ0) is 17.1. The second-order valence-corrected chi connectivity index (χ2v) is 6.52. The molecule has 0 amide bonds. The van der Waals surface area contributed by atoms with Gasteiger partial charge in [-0.05, 0) is 31.0 Å². The van der Waals surface area contributed by atoms with Crippen molar-refractivity contribution in [1.29, 1.82) is 0 Å². The summed E-state index contributed by atoms with van der Waals surface area (Å²) in [4.78, 5) is 13.5. The minimum atomic E-state index is -0.292. The van der Waals surface area contributed by atoms with E-state index in [0.29, 0.717) is 5.02 Å². The Morgan fingerprint density at radius 2 is 1.92 bits per heavy atom. The van der Waals surface area contributed by atoms with Gasteiger partial charge in [0.05, 0.1) is 0 Å². The Morgan fingerprint density at radius 3 is 2.58 bits per heavy atom. The summed E-state index contributed by atoms with van der Waals surface area (Å²) in [5.41, 5.74) is 3.26. The van der Waals surface area contributed by atoms with Gasteiger partial charge < -0.3 is 4.90 Å². The van der Waals surface area contributed by atoms with Crippen LogP contribution in [0.15, 0.2) is 24.5 Å². The molecule has 1 aromatic heterocycles. The summed E-state index contributed by atoms with van der Waals surface area (Å²) in [5.74, 6) is 0.768. The van der Waals surface area contributed by atoms with E-state index in [1.54, 1.807) is 12.4 Å². The topological polar surface area (TPSA) is 32.3 Å². The minimum Gasteiger partial charge on any atom is -0.354 e. The Balaban J connectivity index is 1.65. The van der Waals surface area contributed by atoms with Gasteiger partial charge >= 0.3 is 0 Å². The number of aryl methyl sites for hydroxylation is 1. The van der Waals surface area contributed by atoms with Crippen LogP contribution in [0.4, 0.5) is 10.2 Å². The smallest absolute Gasteiger partial charge is 0.135 e. The van der Waals surface area contributed by atoms with Crippen molar-refractivity contribution in [2.45, 2.75) is 26.8 Å². The summed E-state index contributed by atoms with van der Waals surface area (Å²) in [7, 11) is 0. The molecule has 128 valence electrons. The van der Waals surface area contributed by atoms with E-state index in [-0.39, 0.29) is 5.82 Å². The highest BCUT2D eigenvalue weighted by Gasteiger charge is 2.21. The van der Waals surface area contributed by atoms with E-state index < -0.39 is 0 Å². The molecule has 24 heavy (non-hydrogen) atoms. The van der Waals surface area contributed by atoms with E-state index in [2.05, 4.69) is 26.7 Å². The molecule has 1 fully saturated rings. The van der Waals surface area contributed by atoms with Crippen LogP contribution >= 0.6 is 11.6 Å². The second-order valence-electron chi connectivity index (χ2n) is 6.11. The summed E-state index contributed by atoms with van der Waals surface area (Å²) in [6, 6.07) is 4.62. The number of halogens is 2. The fraction of sp³-hybridized carbons (Fsp3) is 0.444. The van der Waals surface area contributed by atoms with Crippen molar-refractivity contribution in [2.24, 2.45) is 0 Å². The van der Waals surface area contributed by atoms with Crippen LogP contribution in [0.1, 0.15) is 23.7 Å². The van der Waals surface area contributed by atoms with Crippen molar-refractivity contribution in [3.8, 4) is 0 Å². The first-order chi connectivity index (χ1) is 11.6. The number of rotatable bonds is 4. The van der Waals surface area contributed by atoms with Gasteiger partial charge in [-0.3, -0.25) is 4.90 Å². The molecule has 1 saturated heterocycles. The van der Waals surface area contributed by atoms with Crippen molar-refractivity contribution in [2.75, 3.05) is 31.1 Å². The van der Waals surface area contributed by atoms with Gasteiger partial charge in [-0.2, -0.15) is 0 Å². The summed E-state index contributed by atoms with van der Waals surface area (Å²) < 4.78 is 13.2. The van der Waals surface area contributed by atoms with E-state index >= 15 is 0 Å². The minimum absolute atomic E-state index is 0.292. The molecule has 0 atom stereocenters. The molecule has 4 nitrogen and oxygen atoms in total. The van der Waals surface area contributed by atoms with Crippen LogP contribution in [0.3, 0.4) is 0 Å². The molecule has 1 aliphatic rings. The molecule has 0 saturated carbocycles. The molecule has 0 unspecified atom stereocenters. The molecule has 3 rings (SSSR count). The first-order valence-corrected chi connectivity index (χ1v) is 8.68. The van der Waals surface area contributed by atoms with Crippen LogP contribution in [0, 0.1) is 12.7 Å². The lowest BCUT2D eigenvalue weighted by atomic mass is 10.1. The molecule has 0 radical (unpaired) electrons. The summed E-state index contributed by atoms with van der Waals surface area (Å²) >= 11 is 6.14. The zero-order valence-electron chi connectivity index (χ0n) is 14.1. The first-order valence-electron chi connectivity index (χ1n) is 8.30. The maximum Gasteiger partial charge on any atom is 0.135 e. The Morgan fingerprint density at radius 1 is 1.17 bits per heavy atom. The third kappa shape index (κ3) is 3.68. The second kappa shape index (κ2) is 7.45. The predicted octanol–water partition coefficient (Wildman–Crippen LogP) is 3.46. The third-order valence-electron chi connectivity index (χ3n) is 4.57. The van der Waals surface area contributed by atoms with Crippen molar-refractivity contribution < 1.29 is 4.39 Å². The molecule has 1 aliphatic heterocycles. The van der Waals surface area contributed by atoms with E-state index in [0.717, 1.165) is 56.2 Å². The molecular weight excluding hydrogens is 327 g/mol. The summed E-state index contributed by atoms with van der Waals surface area (Å²) in [6.45, 7) is 8.62. The Bertz CT molecular complexity index is 714. The van der Waals surface area contributed by atoms with Gasteiger partial charge in [0.15, 0.2) is 0 Å². The monoisotopic (exact) mass is 348 g/mol. The summed E-state index contributed by atoms with van der Waals surface area (Å²) in [5, 5.41) is 0.497. The highest BCUT2D eigenvalue weighted by atomic mass is 35.5. The number of benzene rings is 1. The zero-order valence-corrected chi connectivity index (χ0v) is 14.9. The van der Waals surface area contributed by atoms with Gasteiger partial charge in [0.25, 0.3) is 0 Å². The number of anilines is 1. The molecule has 2 aromatic rings. The van der Waals surface area contributed by atoms with Crippen molar-refractivity contribution in [3.63, 3.8) is 0 Å². The SMILES string of the molecule is CCc1c(C)ncnc1N1CCN(Cc2ccc(F)cc2Cl)CC1. The quantitative estimate of drug-likeness (QED) is 0.847. The number of piperazine rings is 1. The van der Waals surface area contributed by atoms with Gasteiger partial charge in [-0.1, -0.05) is 24.6 Å². The molecular formula is C18H22ClFN4. The van der Waals surface area contributed by atoms with Gasteiger partial charge in [0.1, 0.15) is 18.0 Å². The first kappa shape index (κ1) is 17.1. The molecule has 1 aromatic carbocycles. The summed E-state index contributed by atoms with van der Waals surface area (Å²) in [6.07, 6.45) is 2.59. The average Bonchev–Trinajstić information content (AvgIpc) is 2.58. The van der Waals surface area contributed by atoms with E-state index in [4.69, 9.17) is 11.6 Å². The number of nitrogens with zero attached hydrogens (tertiary/aromatic N) is 4. The fourth-order valence-corrected chi connectivity index (χ4v) is 3.41. The molecule has 0 bridgehead atoms. The molecule has 0 N–H and O–H groups in total. The van der Waals surface area contributed by atoms with Crippen molar-refractivity contribution >= 4 is 17.4 Å². The van der Waals surface area contributed by atoms with Crippen LogP contribution in [0.2, 0.25) is 5.02 Å². The van der Waals surface area contributed by atoms with Gasteiger partial charge in [0.2, 0.25) is 0 Å². The van der Waals surface area contributed by atoms with E-state index in [1.165, 1.54) is 17.7 Å². The normalized spacial score (nSPS) is 15.8.